The van der Waals surface area contributed by atoms with Crippen LogP contribution in [0.1, 0.15) is 0 Å². The molecule has 0 atom stereocenters. The minimum Gasteiger partial charge on any atom is -0.548 e. The monoisotopic (exact) mass is 240 g/mol. The quantitative estimate of drug-likeness (QED) is 0.429. The Labute approximate surface area is 75.0 Å². The molecule has 0 amide bonds. The van der Waals surface area contributed by atoms with Gasteiger partial charge in [0, 0.05) is 7.11 Å². The predicted octanol–water partition coefficient (Wildman–Crippen LogP) is -1.60. The fourth-order valence-corrected chi connectivity index (χ4v) is 0.298. The van der Waals surface area contributed by atoms with Gasteiger partial charge in [-0.2, -0.15) is 0 Å². The zero-order chi connectivity index (χ0) is 7.11. The zero-order valence-corrected chi connectivity index (χ0v) is 7.04. The van der Waals surface area contributed by atoms with Crippen LogP contribution in [0.4, 0.5) is 0 Å². The summed E-state index contributed by atoms with van der Waals surface area (Å²) in [5, 5.41) is 9.69. The molecule has 0 rings (SSSR count). The van der Waals surface area contributed by atoms with Crippen LogP contribution in [0.2, 0.25) is 0 Å². The summed E-state index contributed by atoms with van der Waals surface area (Å²) in [4.78, 5) is 9.69. The van der Waals surface area contributed by atoms with E-state index in [4.69, 9.17) is 0 Å². The normalized spacial score (nSPS) is 8.50. The first-order chi connectivity index (χ1) is 4.27. The Hall–Kier alpha value is 0.130. The standard InChI is InChI=1S/C5H10O4.Ag/c1-8-2-3-9-4-5(6)7;/h2-4H2,1H3,(H,6,7);/q;+1/p-1. The second kappa shape index (κ2) is 9.13. The van der Waals surface area contributed by atoms with Crippen molar-refractivity contribution < 1.29 is 41.8 Å². The SMILES string of the molecule is COCCOCC(=O)[O-].[Ag+]. The maximum absolute atomic E-state index is 9.69. The first-order valence-corrected chi connectivity index (χ1v) is 2.54. The molecule has 0 fully saturated rings. The van der Waals surface area contributed by atoms with Crippen molar-refractivity contribution >= 4 is 5.97 Å². The number of hydrogen-bond donors (Lipinski definition) is 0. The number of ether oxygens (including phenoxy) is 2. The van der Waals surface area contributed by atoms with E-state index in [9.17, 15) is 9.90 Å². The van der Waals surface area contributed by atoms with Crippen LogP contribution in [0.15, 0.2) is 0 Å². The molecular weight excluding hydrogens is 232 g/mol. The van der Waals surface area contributed by atoms with Crippen molar-refractivity contribution in [2.24, 2.45) is 0 Å². The molecule has 0 spiro atoms. The Bertz CT molecular complexity index is 85.7. The van der Waals surface area contributed by atoms with Gasteiger partial charge in [0.1, 0.15) is 0 Å². The molecule has 0 saturated heterocycles. The number of carbonyl (C=O) groups excluding carboxylic acids is 1. The summed E-state index contributed by atoms with van der Waals surface area (Å²) in [5.41, 5.74) is 0. The van der Waals surface area contributed by atoms with Crippen LogP contribution >= 0.6 is 0 Å². The van der Waals surface area contributed by atoms with Crippen molar-refractivity contribution in [3.63, 3.8) is 0 Å². The van der Waals surface area contributed by atoms with Crippen LogP contribution in [0.3, 0.4) is 0 Å². The first-order valence-electron chi connectivity index (χ1n) is 2.54. The van der Waals surface area contributed by atoms with Crippen molar-refractivity contribution in [1.82, 2.24) is 0 Å². The smallest absolute Gasteiger partial charge is 0.548 e. The molecule has 0 saturated carbocycles. The Balaban J connectivity index is 0. The number of methoxy groups -OCH3 is 1. The number of carboxylic acid groups (broad SMARTS) is 1. The van der Waals surface area contributed by atoms with Crippen LogP contribution in [0.5, 0.6) is 0 Å². The molecule has 64 valence electrons. The minimum absolute atomic E-state index is 0. The fourth-order valence-electron chi connectivity index (χ4n) is 0.298. The Morgan fingerprint density at radius 2 is 2.10 bits per heavy atom. The van der Waals surface area contributed by atoms with Crippen LogP contribution < -0.4 is 5.11 Å². The molecule has 0 N–H and O–H groups in total. The van der Waals surface area contributed by atoms with Crippen molar-refractivity contribution in [1.29, 1.82) is 0 Å². The van der Waals surface area contributed by atoms with E-state index in [1.807, 2.05) is 0 Å². The summed E-state index contributed by atoms with van der Waals surface area (Å²) in [6.07, 6.45) is 0. The van der Waals surface area contributed by atoms with E-state index in [2.05, 4.69) is 9.47 Å². The summed E-state index contributed by atoms with van der Waals surface area (Å²) in [7, 11) is 1.52. The van der Waals surface area contributed by atoms with Gasteiger partial charge in [-0.25, -0.2) is 0 Å². The number of rotatable bonds is 5. The van der Waals surface area contributed by atoms with Crippen molar-refractivity contribution in [2.75, 3.05) is 26.9 Å². The average Bonchev–Trinajstić information content (AvgIpc) is 1.80. The van der Waals surface area contributed by atoms with Gasteiger partial charge < -0.3 is 19.4 Å². The molecule has 0 aromatic carbocycles. The zero-order valence-electron chi connectivity index (χ0n) is 5.56. The molecule has 0 aliphatic rings. The van der Waals surface area contributed by atoms with E-state index < -0.39 is 5.97 Å². The van der Waals surface area contributed by atoms with E-state index in [0.717, 1.165) is 0 Å². The molecule has 0 heterocycles. The van der Waals surface area contributed by atoms with E-state index in [-0.39, 0.29) is 29.0 Å². The van der Waals surface area contributed by atoms with Crippen LogP contribution in [0, 0.1) is 0 Å². The van der Waals surface area contributed by atoms with Gasteiger partial charge >= 0.3 is 22.4 Å². The third kappa shape index (κ3) is 11.0. The maximum atomic E-state index is 9.69. The maximum Gasteiger partial charge on any atom is 1.00 e. The molecule has 0 unspecified atom stereocenters. The second-order valence-electron chi connectivity index (χ2n) is 1.42. The van der Waals surface area contributed by atoms with E-state index in [1.54, 1.807) is 0 Å². The number of aliphatic carboxylic acids is 1. The van der Waals surface area contributed by atoms with Crippen molar-refractivity contribution in [3.8, 4) is 0 Å². The summed E-state index contributed by atoms with van der Waals surface area (Å²) in [6.45, 7) is 0.348. The Kier molecular flexibility index (Phi) is 11.7. The Morgan fingerprint density at radius 1 is 1.50 bits per heavy atom. The van der Waals surface area contributed by atoms with E-state index >= 15 is 0 Å². The number of carboxylic acids is 1. The molecule has 0 aromatic heterocycles. The summed E-state index contributed by atoms with van der Waals surface area (Å²) in [6, 6.07) is 0. The minimum atomic E-state index is -1.20. The molecule has 4 nitrogen and oxygen atoms in total. The molecule has 0 aliphatic heterocycles. The number of carbonyl (C=O) groups is 1. The fraction of sp³-hybridized carbons (Fsp3) is 0.800. The predicted molar refractivity (Wildman–Crippen MR) is 27.7 cm³/mol. The molecule has 0 radical (unpaired) electrons. The van der Waals surface area contributed by atoms with Crippen molar-refractivity contribution in [3.05, 3.63) is 0 Å². The Morgan fingerprint density at radius 3 is 2.50 bits per heavy atom. The summed E-state index contributed by atoms with van der Waals surface area (Å²) in [5.74, 6) is -1.20. The van der Waals surface area contributed by atoms with Crippen LogP contribution in [-0.2, 0) is 36.6 Å². The van der Waals surface area contributed by atoms with E-state index in [0.29, 0.717) is 13.2 Å². The van der Waals surface area contributed by atoms with Gasteiger partial charge in [-0.1, -0.05) is 0 Å². The van der Waals surface area contributed by atoms with Crippen molar-refractivity contribution in [2.45, 2.75) is 0 Å². The van der Waals surface area contributed by atoms with Gasteiger partial charge in [-0.05, 0) is 0 Å². The number of hydrogen-bond acceptors (Lipinski definition) is 4. The van der Waals surface area contributed by atoms with Gasteiger partial charge in [0.05, 0.1) is 25.8 Å². The summed E-state index contributed by atoms with van der Waals surface area (Å²) < 4.78 is 9.13. The second-order valence-corrected chi connectivity index (χ2v) is 1.42. The molecule has 0 bridgehead atoms. The molecule has 10 heavy (non-hydrogen) atoms. The van der Waals surface area contributed by atoms with Crippen LogP contribution in [-0.4, -0.2) is 32.9 Å². The largest absolute Gasteiger partial charge is 1.00 e. The van der Waals surface area contributed by atoms with Gasteiger partial charge in [0.25, 0.3) is 0 Å². The topological polar surface area (TPSA) is 58.6 Å². The third-order valence-electron chi connectivity index (χ3n) is 0.652. The van der Waals surface area contributed by atoms with Gasteiger partial charge in [0.2, 0.25) is 0 Å². The molecular formula is C5H9AgO4. The van der Waals surface area contributed by atoms with Gasteiger partial charge in [-0.3, -0.25) is 0 Å². The van der Waals surface area contributed by atoms with Crippen LogP contribution in [0.25, 0.3) is 0 Å². The molecule has 5 heteroatoms. The average molecular weight is 241 g/mol. The molecule has 0 aliphatic carbocycles. The molecule has 0 aromatic rings. The van der Waals surface area contributed by atoms with Gasteiger partial charge in [0.15, 0.2) is 0 Å². The summed E-state index contributed by atoms with van der Waals surface area (Å²) >= 11 is 0. The first kappa shape index (κ1) is 12.8. The van der Waals surface area contributed by atoms with E-state index in [1.165, 1.54) is 7.11 Å². The van der Waals surface area contributed by atoms with Gasteiger partial charge in [-0.15, -0.1) is 0 Å². The third-order valence-corrected chi connectivity index (χ3v) is 0.652.